The topological polar surface area (TPSA) is 132 Å². The fourth-order valence-corrected chi connectivity index (χ4v) is 4.05. The highest BCUT2D eigenvalue weighted by Gasteiger charge is 2.23. The molecule has 170 valence electrons. The van der Waals surface area contributed by atoms with Gasteiger partial charge in [-0.15, -0.1) is 10.2 Å². The first kappa shape index (κ1) is 23.3. The first-order valence-corrected chi connectivity index (χ1v) is 11.4. The van der Waals surface area contributed by atoms with Crippen LogP contribution in [0.4, 0.5) is 11.5 Å². The molecule has 3 aromatic rings. The van der Waals surface area contributed by atoms with Gasteiger partial charge in [-0.3, -0.25) is 23.7 Å². The molecule has 10 nitrogen and oxygen atoms in total. The van der Waals surface area contributed by atoms with E-state index in [1.807, 2.05) is 38.1 Å². The molecule has 0 bridgehead atoms. The third-order valence-corrected chi connectivity index (χ3v) is 5.92. The van der Waals surface area contributed by atoms with E-state index in [-0.39, 0.29) is 29.7 Å². The Balaban J connectivity index is 1.83. The molecule has 0 aliphatic heterocycles. The summed E-state index contributed by atoms with van der Waals surface area (Å²) in [5.41, 5.74) is 6.91. The van der Waals surface area contributed by atoms with Crippen LogP contribution in [-0.2, 0) is 11.3 Å². The fourth-order valence-electron chi connectivity index (χ4n) is 3.25. The number of H-pyrrole nitrogens is 1. The fraction of sp³-hybridized carbons (Fsp3) is 0.381. The maximum absolute atomic E-state index is 13.0. The smallest absolute Gasteiger partial charge is 0.330 e. The van der Waals surface area contributed by atoms with Gasteiger partial charge in [0.15, 0.2) is 10.8 Å². The average Bonchev–Trinajstić information content (AvgIpc) is 3.24. The number of aromatic amines is 1. The minimum absolute atomic E-state index is 0.00442. The Morgan fingerprint density at radius 1 is 1.22 bits per heavy atom. The molecule has 2 heterocycles. The molecule has 0 radical (unpaired) electrons. The van der Waals surface area contributed by atoms with Crippen LogP contribution < -0.4 is 21.9 Å². The second-order valence-electron chi connectivity index (χ2n) is 7.24. The van der Waals surface area contributed by atoms with Crippen molar-refractivity contribution in [1.29, 1.82) is 0 Å². The van der Waals surface area contributed by atoms with Gasteiger partial charge >= 0.3 is 5.69 Å². The second kappa shape index (κ2) is 10.3. The predicted molar refractivity (Wildman–Crippen MR) is 125 cm³/mol. The van der Waals surface area contributed by atoms with Crippen LogP contribution in [0.15, 0.2) is 45.3 Å². The van der Waals surface area contributed by atoms with Crippen LogP contribution >= 0.6 is 11.8 Å². The number of thioether (sulfide) groups is 1. The van der Waals surface area contributed by atoms with E-state index < -0.39 is 11.2 Å². The molecule has 0 aliphatic rings. The van der Waals surface area contributed by atoms with Crippen molar-refractivity contribution in [3.8, 4) is 5.69 Å². The summed E-state index contributed by atoms with van der Waals surface area (Å²) < 4.78 is 3.09. The van der Waals surface area contributed by atoms with Crippen LogP contribution in [0.2, 0.25) is 0 Å². The Kier molecular flexibility index (Phi) is 7.52. The number of nitrogens with zero attached hydrogens (tertiary/aromatic N) is 5. The Hall–Kier alpha value is -3.34. The zero-order valence-electron chi connectivity index (χ0n) is 18.4. The summed E-state index contributed by atoms with van der Waals surface area (Å²) in [5, 5.41) is 8.61. The van der Waals surface area contributed by atoms with Gasteiger partial charge in [-0.1, -0.05) is 42.8 Å². The molecule has 32 heavy (non-hydrogen) atoms. The van der Waals surface area contributed by atoms with Gasteiger partial charge in [-0.05, 0) is 32.4 Å². The Bertz CT molecular complexity index is 1200. The van der Waals surface area contributed by atoms with Crippen LogP contribution in [0.5, 0.6) is 0 Å². The van der Waals surface area contributed by atoms with E-state index in [1.165, 1.54) is 21.2 Å². The molecule has 0 fully saturated rings. The van der Waals surface area contributed by atoms with Crippen LogP contribution in [0.3, 0.4) is 0 Å². The number of anilines is 2. The van der Waals surface area contributed by atoms with Gasteiger partial charge in [0.25, 0.3) is 5.56 Å². The lowest BCUT2D eigenvalue weighted by Crippen LogP contribution is -2.41. The van der Waals surface area contributed by atoms with E-state index >= 15 is 0 Å². The summed E-state index contributed by atoms with van der Waals surface area (Å²) in [4.78, 5) is 41.3. The summed E-state index contributed by atoms with van der Waals surface area (Å²) in [7, 11) is 0. The third kappa shape index (κ3) is 4.93. The summed E-state index contributed by atoms with van der Waals surface area (Å²) in [5.74, 6) is -0.310. The van der Waals surface area contributed by atoms with E-state index in [2.05, 4.69) is 15.2 Å². The zero-order chi connectivity index (χ0) is 23.3. The third-order valence-electron chi connectivity index (χ3n) is 4.99. The molecule has 0 saturated carbocycles. The van der Waals surface area contributed by atoms with Gasteiger partial charge in [0.05, 0.1) is 5.75 Å². The van der Waals surface area contributed by atoms with Crippen LogP contribution in [0, 0.1) is 6.92 Å². The number of amides is 1. The van der Waals surface area contributed by atoms with Gasteiger partial charge in [0.1, 0.15) is 12.1 Å². The number of rotatable bonds is 9. The van der Waals surface area contributed by atoms with Crippen LogP contribution in [0.25, 0.3) is 5.69 Å². The van der Waals surface area contributed by atoms with Gasteiger partial charge in [0.2, 0.25) is 5.91 Å². The van der Waals surface area contributed by atoms with Crippen molar-refractivity contribution in [3.05, 3.63) is 57.0 Å². The molecule has 1 aromatic carbocycles. The van der Waals surface area contributed by atoms with Crippen molar-refractivity contribution in [2.24, 2.45) is 0 Å². The van der Waals surface area contributed by atoms with Crippen molar-refractivity contribution in [3.63, 3.8) is 0 Å². The summed E-state index contributed by atoms with van der Waals surface area (Å²) in [6, 6.07) is 7.86. The van der Waals surface area contributed by atoms with E-state index in [4.69, 9.17) is 5.73 Å². The van der Waals surface area contributed by atoms with Crippen molar-refractivity contribution in [2.75, 3.05) is 22.9 Å². The first-order chi connectivity index (χ1) is 15.4. The molecule has 0 saturated heterocycles. The maximum Gasteiger partial charge on any atom is 0.330 e. The molecule has 0 atom stereocenters. The minimum atomic E-state index is -0.678. The Morgan fingerprint density at radius 2 is 1.94 bits per heavy atom. The second-order valence-corrected chi connectivity index (χ2v) is 8.19. The summed E-state index contributed by atoms with van der Waals surface area (Å²) in [6.07, 6.45) is 3.16. The van der Waals surface area contributed by atoms with Crippen molar-refractivity contribution in [2.45, 2.75) is 45.3 Å². The quantitative estimate of drug-likeness (QED) is 0.469. The van der Waals surface area contributed by atoms with Crippen molar-refractivity contribution >= 4 is 29.2 Å². The molecule has 0 spiro atoms. The monoisotopic (exact) mass is 457 g/mol. The number of hydrogen-bond donors (Lipinski definition) is 2. The van der Waals surface area contributed by atoms with Crippen LogP contribution in [0.1, 0.15) is 32.3 Å². The molecule has 11 heteroatoms. The van der Waals surface area contributed by atoms with Crippen molar-refractivity contribution in [1.82, 2.24) is 24.3 Å². The SMILES string of the molecule is CCCCn1c(N)c(N(CC)C(=O)CSc2nncn2-c2ccc(C)cc2)c(=O)[nH]c1=O. The number of unbranched alkanes of at least 4 members (excludes halogenated alkanes) is 1. The standard InChI is InChI=1S/C21H27N7O3S/c1-4-6-11-27-18(22)17(19(30)24-20(27)31)26(5-2)16(29)12-32-21-25-23-13-28(21)15-9-7-14(3)8-10-15/h7-10,13H,4-6,11-12,22H2,1-3H3,(H,24,30,31). The number of nitrogens with two attached hydrogens (primary N) is 1. The van der Waals surface area contributed by atoms with Gasteiger partial charge < -0.3 is 10.6 Å². The number of nitrogens with one attached hydrogen (secondary N) is 1. The number of aromatic nitrogens is 5. The average molecular weight is 458 g/mol. The molecule has 0 unspecified atom stereocenters. The van der Waals surface area contributed by atoms with Crippen molar-refractivity contribution < 1.29 is 4.79 Å². The summed E-state index contributed by atoms with van der Waals surface area (Å²) >= 11 is 1.21. The van der Waals surface area contributed by atoms with E-state index in [9.17, 15) is 14.4 Å². The number of carbonyl (C=O) groups excluding carboxylic acids is 1. The number of nitrogen functional groups attached to an aromatic ring is 1. The number of carbonyl (C=O) groups is 1. The molecule has 2 aromatic heterocycles. The lowest BCUT2D eigenvalue weighted by Gasteiger charge is -2.23. The number of aryl methyl sites for hydroxylation is 1. The van der Waals surface area contributed by atoms with E-state index in [0.717, 1.165) is 24.1 Å². The first-order valence-electron chi connectivity index (χ1n) is 10.4. The van der Waals surface area contributed by atoms with E-state index in [0.29, 0.717) is 11.7 Å². The number of hydrogen-bond acceptors (Lipinski definition) is 7. The molecule has 3 rings (SSSR count). The molecule has 0 aliphatic carbocycles. The molecular formula is C21H27N7O3S. The largest absolute Gasteiger partial charge is 0.383 e. The van der Waals surface area contributed by atoms with Gasteiger partial charge in [-0.2, -0.15) is 0 Å². The van der Waals surface area contributed by atoms with Gasteiger partial charge in [-0.25, -0.2) is 4.79 Å². The lowest BCUT2D eigenvalue weighted by molar-refractivity contribution is -0.116. The zero-order valence-corrected chi connectivity index (χ0v) is 19.2. The Labute approximate surface area is 189 Å². The normalized spacial score (nSPS) is 11.0. The molecule has 3 N–H and O–H groups in total. The highest BCUT2D eigenvalue weighted by molar-refractivity contribution is 7.99. The maximum atomic E-state index is 13.0. The Morgan fingerprint density at radius 3 is 2.59 bits per heavy atom. The molecular weight excluding hydrogens is 430 g/mol. The highest BCUT2D eigenvalue weighted by Crippen LogP contribution is 2.23. The lowest BCUT2D eigenvalue weighted by atomic mass is 10.2. The number of benzene rings is 1. The summed E-state index contributed by atoms with van der Waals surface area (Å²) in [6.45, 7) is 6.33. The van der Waals surface area contributed by atoms with Gasteiger partial charge in [0, 0.05) is 18.8 Å². The highest BCUT2D eigenvalue weighted by atomic mass is 32.2. The molecule has 1 amide bonds. The predicted octanol–water partition coefficient (Wildman–Crippen LogP) is 1.95. The minimum Gasteiger partial charge on any atom is -0.383 e. The van der Waals surface area contributed by atoms with E-state index in [1.54, 1.807) is 17.8 Å². The van der Waals surface area contributed by atoms with Crippen LogP contribution in [-0.4, -0.2) is 42.5 Å².